The lowest BCUT2D eigenvalue weighted by Crippen LogP contribution is -2.26. The molecule has 0 saturated heterocycles. The first kappa shape index (κ1) is 30.4. The van der Waals surface area contributed by atoms with Crippen LogP contribution in [0.3, 0.4) is 0 Å². The van der Waals surface area contributed by atoms with E-state index >= 15 is 0 Å². The molecule has 0 nitrogen and oxygen atoms in total. The Balaban J connectivity index is 1.76. The van der Waals surface area contributed by atoms with Gasteiger partial charge in [-0.05, 0) is 103 Å². The van der Waals surface area contributed by atoms with Gasteiger partial charge >= 0.3 is 0 Å². The Hall–Kier alpha value is -3.04. The van der Waals surface area contributed by atoms with Crippen molar-refractivity contribution < 1.29 is 0 Å². The van der Waals surface area contributed by atoms with E-state index in [2.05, 4.69) is 159 Å². The first-order valence-electron chi connectivity index (χ1n) is 15.0. The third kappa shape index (κ3) is 6.78. The first-order valence-corrected chi connectivity index (χ1v) is 17.8. The van der Waals surface area contributed by atoms with Gasteiger partial charge in [-0.1, -0.05) is 148 Å². The molecule has 0 spiro atoms. The molecule has 0 radical (unpaired) electrons. The molecular formula is C40H44P2. The third-order valence-electron chi connectivity index (χ3n) is 7.91. The fraction of sp³-hybridized carbons (Fsp3) is 0.250. The monoisotopic (exact) mass is 586 g/mol. The maximum absolute atomic E-state index is 2.48. The lowest BCUT2D eigenvalue weighted by molar-refractivity contribution is 1.10. The van der Waals surface area contributed by atoms with Crippen molar-refractivity contribution in [1.29, 1.82) is 0 Å². The van der Waals surface area contributed by atoms with Crippen LogP contribution in [0.4, 0.5) is 0 Å². The maximum Gasteiger partial charge on any atom is 0.0100 e. The third-order valence-corrected chi connectivity index (χ3v) is 13.0. The summed E-state index contributed by atoms with van der Waals surface area (Å²) in [7, 11) is -1.39. The zero-order chi connectivity index (χ0) is 30.1. The molecule has 0 bridgehead atoms. The highest BCUT2D eigenvalue weighted by Gasteiger charge is 2.29. The van der Waals surface area contributed by atoms with Crippen molar-refractivity contribution in [3.63, 3.8) is 0 Å². The quantitative estimate of drug-likeness (QED) is 0.167. The second-order valence-electron chi connectivity index (χ2n) is 12.3. The Labute approximate surface area is 256 Å². The van der Waals surface area contributed by atoms with Crippen molar-refractivity contribution in [2.75, 3.05) is 0 Å². The zero-order valence-corrected chi connectivity index (χ0v) is 28.5. The minimum Gasteiger partial charge on any atom is -0.0619 e. The predicted octanol–water partition coefficient (Wildman–Crippen LogP) is 9.11. The van der Waals surface area contributed by atoms with Crippen LogP contribution in [0.15, 0.2) is 97.1 Å². The molecule has 5 rings (SSSR count). The first-order chi connectivity index (χ1) is 20.0. The molecule has 0 N–H and O–H groups in total. The van der Waals surface area contributed by atoms with Gasteiger partial charge in [0.2, 0.25) is 0 Å². The Morgan fingerprint density at radius 2 is 0.714 bits per heavy atom. The summed E-state index contributed by atoms with van der Waals surface area (Å²) < 4.78 is 0. The van der Waals surface area contributed by atoms with Gasteiger partial charge in [-0.3, -0.25) is 0 Å². The molecule has 0 fully saturated rings. The van der Waals surface area contributed by atoms with Gasteiger partial charge < -0.3 is 0 Å². The van der Waals surface area contributed by atoms with Gasteiger partial charge in [0, 0.05) is 5.66 Å². The number of benzene rings is 5. The smallest absolute Gasteiger partial charge is 0.0100 e. The van der Waals surface area contributed by atoms with E-state index in [1.165, 1.54) is 76.6 Å². The van der Waals surface area contributed by atoms with Crippen LogP contribution in [0.25, 0.3) is 0 Å². The molecule has 0 aliphatic heterocycles. The van der Waals surface area contributed by atoms with Crippen molar-refractivity contribution in [2.24, 2.45) is 0 Å². The van der Waals surface area contributed by atoms with Gasteiger partial charge in [0.15, 0.2) is 0 Å². The molecular weight excluding hydrogens is 542 g/mol. The van der Waals surface area contributed by atoms with Gasteiger partial charge in [-0.2, -0.15) is 0 Å². The molecule has 214 valence electrons. The van der Waals surface area contributed by atoms with Gasteiger partial charge in [0.25, 0.3) is 0 Å². The largest absolute Gasteiger partial charge is 0.0619 e. The average molecular weight is 587 g/mol. The molecule has 0 amide bonds. The van der Waals surface area contributed by atoms with E-state index in [-0.39, 0.29) is 0 Å². The van der Waals surface area contributed by atoms with E-state index in [9.17, 15) is 0 Å². The van der Waals surface area contributed by atoms with Crippen LogP contribution in [0.1, 0.15) is 62.7 Å². The normalized spacial score (nSPS) is 12.3. The van der Waals surface area contributed by atoms with E-state index < -0.39 is 15.8 Å². The summed E-state index contributed by atoms with van der Waals surface area (Å²) in [6.07, 6.45) is 0. The van der Waals surface area contributed by atoms with E-state index in [4.69, 9.17) is 0 Å². The molecule has 0 unspecified atom stereocenters. The lowest BCUT2D eigenvalue weighted by Gasteiger charge is -2.31. The fourth-order valence-electron chi connectivity index (χ4n) is 6.55. The summed E-state index contributed by atoms with van der Waals surface area (Å²) in [5.41, 5.74) is 12.5. The van der Waals surface area contributed by atoms with Crippen LogP contribution in [-0.4, -0.2) is 0 Å². The molecule has 42 heavy (non-hydrogen) atoms. The highest BCUT2D eigenvalue weighted by Crippen LogP contribution is 2.51. The molecule has 0 heterocycles. The molecule has 1 atom stereocenters. The number of hydrogen-bond donors (Lipinski definition) is 0. The minimum atomic E-state index is -0.741. The zero-order valence-electron chi connectivity index (χ0n) is 26.7. The molecule has 0 saturated carbocycles. The summed E-state index contributed by atoms with van der Waals surface area (Å²) >= 11 is 0. The van der Waals surface area contributed by atoms with Crippen LogP contribution < -0.4 is 26.5 Å². The molecule has 0 aromatic heterocycles. The van der Waals surface area contributed by atoms with Crippen molar-refractivity contribution in [3.8, 4) is 0 Å². The van der Waals surface area contributed by atoms with Gasteiger partial charge in [-0.15, -0.1) is 0 Å². The van der Waals surface area contributed by atoms with E-state index in [1.807, 2.05) is 0 Å². The molecule has 2 heteroatoms. The summed E-state index contributed by atoms with van der Waals surface area (Å²) in [6.45, 7) is 20.4. The predicted molar refractivity (Wildman–Crippen MR) is 191 cm³/mol. The van der Waals surface area contributed by atoms with Crippen molar-refractivity contribution >= 4 is 42.4 Å². The molecule has 0 aliphatic carbocycles. The van der Waals surface area contributed by atoms with Gasteiger partial charge in [0.05, 0.1) is 0 Å². The highest BCUT2D eigenvalue weighted by atomic mass is 31.1. The Morgan fingerprint density at radius 1 is 0.405 bits per heavy atom. The minimum absolute atomic E-state index is 0.348. The van der Waals surface area contributed by atoms with Crippen molar-refractivity contribution in [3.05, 3.63) is 147 Å². The summed E-state index contributed by atoms with van der Waals surface area (Å²) in [5, 5.41) is 7.30. The Morgan fingerprint density at radius 3 is 1.07 bits per heavy atom. The van der Waals surface area contributed by atoms with Crippen LogP contribution in [0.5, 0.6) is 0 Å². The second-order valence-corrected chi connectivity index (χ2v) is 17.1. The van der Waals surface area contributed by atoms with Crippen molar-refractivity contribution in [2.45, 2.75) is 68.0 Å². The Kier molecular flexibility index (Phi) is 9.18. The summed E-state index contributed by atoms with van der Waals surface area (Å²) in [5.74, 6) is 0. The SMILES string of the molecule is Cc1cc(C)cc(P(c2cc(C)cc(C)c2)c2ccccc2[C@@H](C)P(c2cc(C)cc(C)c2)c2cc(C)cc(C)c2)c1. The van der Waals surface area contributed by atoms with Crippen LogP contribution >= 0.6 is 15.8 Å². The standard InChI is InChI=1S/C40H44P2/c1-26-14-27(2)19-35(18-26)41(36-20-28(3)15-29(4)21-36)34(9)39-12-10-11-13-40(39)42(37-22-30(5)16-31(6)23-37)38-24-32(7)17-33(8)25-38/h10-25,34H,1-9H3/t34-/m1/s1. The number of hydrogen-bond acceptors (Lipinski definition) is 0. The van der Waals surface area contributed by atoms with E-state index in [1.54, 1.807) is 0 Å². The second kappa shape index (κ2) is 12.7. The molecule has 5 aromatic carbocycles. The van der Waals surface area contributed by atoms with Gasteiger partial charge in [-0.25, -0.2) is 0 Å². The number of rotatable bonds is 7. The van der Waals surface area contributed by atoms with E-state index in [0.717, 1.165) is 0 Å². The molecule has 5 aromatic rings. The fourth-order valence-corrected chi connectivity index (χ4v) is 12.7. The number of aryl methyl sites for hydroxylation is 8. The summed E-state index contributed by atoms with van der Waals surface area (Å²) in [6, 6.07) is 38.0. The summed E-state index contributed by atoms with van der Waals surface area (Å²) in [4.78, 5) is 0. The lowest BCUT2D eigenvalue weighted by atomic mass is 10.1. The maximum atomic E-state index is 2.48. The van der Waals surface area contributed by atoms with Crippen LogP contribution in [-0.2, 0) is 0 Å². The topological polar surface area (TPSA) is 0 Å². The van der Waals surface area contributed by atoms with E-state index in [0.29, 0.717) is 5.66 Å². The van der Waals surface area contributed by atoms with Gasteiger partial charge in [0.1, 0.15) is 0 Å². The van der Waals surface area contributed by atoms with Crippen LogP contribution in [0.2, 0.25) is 0 Å². The molecule has 0 aliphatic rings. The van der Waals surface area contributed by atoms with Crippen LogP contribution in [0, 0.1) is 55.4 Å². The highest BCUT2D eigenvalue weighted by molar-refractivity contribution is 7.80. The Bertz CT molecular complexity index is 1560. The average Bonchev–Trinajstić information content (AvgIpc) is 2.87. The van der Waals surface area contributed by atoms with Crippen molar-refractivity contribution in [1.82, 2.24) is 0 Å².